The van der Waals surface area contributed by atoms with Gasteiger partial charge in [-0.25, -0.2) is 55.5 Å². The van der Waals surface area contributed by atoms with E-state index in [4.69, 9.17) is 20.9 Å². The first-order chi connectivity index (χ1) is 67.4. The molecule has 10 heterocycles. The van der Waals surface area contributed by atoms with Gasteiger partial charge in [-0.15, -0.1) is 22.7 Å². The molecule has 6 aliphatic rings. The molecule has 5 saturated heterocycles. The maximum atomic E-state index is 13.8. The molecular weight excluding hydrogens is 2000 g/mol. The quantitative estimate of drug-likeness (QED) is 0.0421. The number of imidazole rings is 1. The third-order valence-corrected chi connectivity index (χ3v) is 40.1. The Kier molecular flexibility index (Phi) is 34.5. The molecule has 0 unspecified atom stereocenters. The van der Waals surface area contributed by atoms with Crippen molar-refractivity contribution in [2.45, 2.75) is 93.5 Å². The number of carbonyl (C=O) groups is 5. The maximum Gasteiger partial charge on any atom is 0.262 e. The van der Waals surface area contributed by atoms with Gasteiger partial charge >= 0.3 is 0 Å². The third kappa shape index (κ3) is 24.3. The molecule has 0 bridgehead atoms. The lowest BCUT2D eigenvalue weighted by Gasteiger charge is -2.36. The van der Waals surface area contributed by atoms with E-state index in [0.717, 1.165) is 79.1 Å². The number of hydrogen-bond acceptors (Lipinski definition) is 28. The number of carbonyl (C=O) groups excluding carboxylic acids is 5. The average molecular weight is 2120 g/mol. The molecule has 0 saturated carbocycles. The van der Waals surface area contributed by atoms with Crippen molar-refractivity contribution < 1.29 is 83.7 Å². The summed E-state index contributed by atoms with van der Waals surface area (Å²) >= 11 is 7.84. The zero-order chi connectivity index (χ0) is 103. The van der Waals surface area contributed by atoms with E-state index in [-0.39, 0.29) is 76.4 Å². The number of amides is 5. The van der Waals surface area contributed by atoms with E-state index in [0.29, 0.717) is 173 Å². The zero-order valence-corrected chi connectivity index (χ0v) is 88.2. The number of nitrogens with zero attached hydrogens (tertiary/aromatic N) is 13. The molecule has 17 rings (SSSR count). The average Bonchev–Trinajstić information content (AvgIpc) is 1.56. The molecule has 0 radical (unpaired) electrons. The summed E-state index contributed by atoms with van der Waals surface area (Å²) in [5.41, 5.74) is 11.3. The highest BCUT2D eigenvalue weighted by Crippen LogP contribution is 2.45. The second-order valence-corrected chi connectivity index (χ2v) is 49.2. The van der Waals surface area contributed by atoms with Gasteiger partial charge in [0.2, 0.25) is 29.9 Å². The summed E-state index contributed by atoms with van der Waals surface area (Å²) < 4.78 is 176. The van der Waals surface area contributed by atoms with Crippen LogP contribution < -0.4 is 55.8 Å². The van der Waals surface area contributed by atoms with Gasteiger partial charge in [0.25, 0.3) is 59.6 Å². The minimum atomic E-state index is -3.80. The van der Waals surface area contributed by atoms with Gasteiger partial charge in [0.1, 0.15) is 30.4 Å². The van der Waals surface area contributed by atoms with Crippen molar-refractivity contribution in [2.75, 3.05) is 191 Å². The van der Waals surface area contributed by atoms with Crippen LogP contribution >= 0.6 is 34.3 Å². The Morgan fingerprint density at radius 1 is 0.387 bits per heavy atom. The van der Waals surface area contributed by atoms with Crippen LogP contribution in [0.2, 0.25) is 4.34 Å². The van der Waals surface area contributed by atoms with Crippen molar-refractivity contribution in [3.63, 3.8) is 0 Å². The van der Waals surface area contributed by atoms with Gasteiger partial charge in [-0.2, -0.15) is 21.5 Å². The normalized spacial score (nSPS) is 16.3. The van der Waals surface area contributed by atoms with Crippen molar-refractivity contribution in [1.82, 2.24) is 62.8 Å². The van der Waals surface area contributed by atoms with Gasteiger partial charge in [-0.1, -0.05) is 35.0 Å². The van der Waals surface area contributed by atoms with Crippen molar-refractivity contribution >= 4 is 152 Å². The monoisotopic (exact) mass is 2120 g/mol. The van der Waals surface area contributed by atoms with Crippen LogP contribution in [0.5, 0.6) is 5.75 Å². The van der Waals surface area contributed by atoms with E-state index in [2.05, 4.69) is 61.2 Å². The number of rotatable bonds is 22. The maximum absolute atomic E-state index is 13.8. The first-order valence-corrected chi connectivity index (χ1v) is 56.4. The van der Waals surface area contributed by atoms with Crippen LogP contribution in [0.15, 0.2) is 225 Å². The minimum Gasteiger partial charge on any atom is -0.487 e. The highest BCUT2D eigenvalue weighted by atomic mass is 35.5. The second kappa shape index (κ2) is 45.5. The van der Waals surface area contributed by atoms with Gasteiger partial charge in [0, 0.05) is 253 Å². The second-order valence-electron chi connectivity index (χ2n) is 34.6. The summed E-state index contributed by atoms with van der Waals surface area (Å²) in [4.78, 5) is 73.4. The summed E-state index contributed by atoms with van der Waals surface area (Å²) in [6.45, 7) is 22.5. The predicted octanol–water partition coefficient (Wildman–Crippen LogP) is 9.37. The number of anilines is 5. The summed E-state index contributed by atoms with van der Waals surface area (Å²) in [5.74, 6) is 0.485. The van der Waals surface area contributed by atoms with Crippen LogP contribution in [-0.4, -0.2) is 288 Å². The number of piperazine rings is 5. The fourth-order valence-corrected chi connectivity index (χ4v) is 29.8. The van der Waals surface area contributed by atoms with Crippen LogP contribution in [-0.2, 0) is 73.4 Å². The van der Waals surface area contributed by atoms with Crippen LogP contribution in [0, 0.1) is 34.6 Å². The number of ether oxygens (including phenoxy) is 1. The zero-order valence-electron chi connectivity index (χ0n) is 81.0. The van der Waals surface area contributed by atoms with E-state index in [1.54, 1.807) is 156 Å². The number of hydrogen-bond donors (Lipinski definition) is 5. The smallest absolute Gasteiger partial charge is 0.262 e. The van der Waals surface area contributed by atoms with Crippen LogP contribution in [0.4, 0.5) is 28.4 Å². The number of sulfone groups is 1. The Balaban J connectivity index is 0.000000150. The Hall–Kier alpha value is -11.7. The van der Waals surface area contributed by atoms with Gasteiger partial charge in [0.15, 0.2) is 10.8 Å². The number of halogens is 1. The number of fused-ring (bicyclic) bond motifs is 1. The molecule has 5 fully saturated rings. The highest BCUT2D eigenvalue weighted by Gasteiger charge is 2.42. The van der Waals surface area contributed by atoms with Crippen molar-refractivity contribution in [3.8, 4) is 5.75 Å². The lowest BCUT2D eigenvalue weighted by molar-refractivity contribution is 0.0955. The van der Waals surface area contributed by atoms with Crippen molar-refractivity contribution in [1.29, 1.82) is 0 Å². The molecule has 0 spiro atoms. The number of thiophene rings is 2. The molecule has 6 aliphatic heterocycles. The molecule has 760 valence electrons. The first kappa shape index (κ1) is 108. The molecule has 0 aliphatic carbocycles. The van der Waals surface area contributed by atoms with E-state index >= 15 is 0 Å². The molecule has 7 aromatic carbocycles. The number of aryl methyl sites for hydroxylation is 3. The Morgan fingerprint density at radius 3 is 1.03 bits per heavy atom. The molecule has 46 heteroatoms. The Morgan fingerprint density at radius 2 is 0.718 bits per heavy atom. The van der Waals surface area contributed by atoms with Crippen molar-refractivity contribution in [3.05, 3.63) is 254 Å². The molecule has 0 atom stereocenters. The fraction of sp³-hybridized carbons (Fsp3) is 0.365. The predicted molar refractivity (Wildman–Crippen MR) is 548 cm³/mol. The molecule has 37 nitrogen and oxygen atoms in total. The lowest BCUT2D eigenvalue weighted by atomic mass is 9.94. The van der Waals surface area contributed by atoms with Crippen molar-refractivity contribution in [2.24, 2.45) is 7.05 Å². The summed E-state index contributed by atoms with van der Waals surface area (Å²) in [5, 5.41) is 18.2. The van der Waals surface area contributed by atoms with Gasteiger partial charge in [0.05, 0.1) is 25.4 Å². The molecule has 4 aromatic heterocycles. The summed E-state index contributed by atoms with van der Waals surface area (Å²) in [6.07, 6.45) is 3.70. The van der Waals surface area contributed by atoms with Crippen LogP contribution in [0.25, 0.3) is 0 Å². The van der Waals surface area contributed by atoms with E-state index in [1.807, 2.05) is 95.3 Å². The molecular formula is C96H117ClN18O19S8. The number of aromatic nitrogens is 3. The topological polar surface area (TPSA) is 436 Å². The van der Waals surface area contributed by atoms with E-state index < -0.39 is 60.0 Å². The van der Waals surface area contributed by atoms with E-state index in [9.17, 15) is 74.5 Å². The lowest BCUT2D eigenvalue weighted by Crippen LogP contribution is -2.49. The Bertz CT molecular complexity index is 6940. The molecule has 142 heavy (non-hydrogen) atoms. The number of benzene rings is 7. The molecule has 5 amide bonds. The first-order valence-electron chi connectivity index (χ1n) is 45.6. The number of nitrogens with one attached hydrogen (secondary N) is 5. The molecule has 11 aromatic rings. The van der Waals surface area contributed by atoms with Gasteiger partial charge in [-0.05, 0) is 217 Å². The summed E-state index contributed by atoms with van der Waals surface area (Å²) in [7, 11) is -12.1. The SMILES string of the molecule is CNC(=O)c1ccc(N2CCN(S(=O)(=O)c3c(C)c(C)c4c(c3C)CC(C)(C)O4)CC2)cc1.CNC(=O)c1ccc(N2CCN(S(=O)(=O)c3c(C)noc3C)CC2)cc1.CNC(=O)c1ccc(N2CCN(S(=O)(=O)c3cc(S(=O)(=O)c4ccccc4)cs3)CC2)cc1.CNC(=O)c1ccc(N2CCN(S(=O)(=O)c3ccc(Cl)s3)CC2)cc1.CNC(=O)c1ccc(N2CCN(S(=O)(=O)c3cn(C)cn3)CC2)cc1. The highest BCUT2D eigenvalue weighted by molar-refractivity contribution is 7.93. The van der Waals surface area contributed by atoms with Crippen LogP contribution in [0.1, 0.15) is 99.3 Å². The fourth-order valence-electron chi connectivity index (χ4n) is 17.2. The third-order valence-electron chi connectivity index (χ3n) is 25.2. The Labute approximate surface area is 842 Å². The largest absolute Gasteiger partial charge is 0.487 e. The minimum absolute atomic E-state index is 0.0142. The summed E-state index contributed by atoms with van der Waals surface area (Å²) in [6, 6.07) is 48.8. The van der Waals surface area contributed by atoms with E-state index in [1.165, 1.54) is 53.3 Å². The van der Waals surface area contributed by atoms with Crippen LogP contribution in [0.3, 0.4) is 0 Å². The molecule has 5 N–H and O–H groups in total. The number of sulfonamides is 5. The van der Waals surface area contributed by atoms with Gasteiger partial charge < -0.3 is 64.9 Å². The van der Waals surface area contributed by atoms with Gasteiger partial charge in [-0.3, -0.25) is 24.0 Å². The standard InChI is InChI=1S/C25H33N3O4S.C22H23N3O5S3.C17H22N4O4S.C16H18ClN3O3S2.C16H21N5O3S/c1-16-17(2)23(18(3)21-15-25(4,5)32-22(16)21)33(30,31)28-13-11-27(12-14-28)20-9-7-19(8-10-20)24(29)26-6;1-23-22(26)17-7-9-18(10-8-17)24-11-13-25(14-12-24)33(29,30)21-15-20(16-31-21)32(27,28)19-5-3-2-4-6-19;1-12-16(13(2)25-19-12)26(23,24)21-10-8-20(9-11-21)15-6-4-14(5-7-15)17(22)18-3;1-18-16(21)12-2-4-13(5-3-12)19-8-10-20(11-9-19)25(22,23)15-7-6-14(17)24-15;1-17-16(22)13-3-5-14(6-4-13)20-7-9-21(10-8-20)25(23,24)15-11-19(2)12-18-15/h7-10H,11-15H2,1-6H3,(H,26,29);2-10,15-16H,11-14H2,1H3,(H,23,26);4-7H,8-11H2,1-3H3,(H,18,22);2-7H,8-11H2,1H3,(H,18,21);3-6,11-12H,7-10H2,1-2H3,(H,17,22).